The smallest absolute Gasteiger partial charge is 0.360 e. The second-order valence-corrected chi connectivity index (χ2v) is 4.60. The number of hydrogen-bond acceptors (Lipinski definition) is 6. The lowest BCUT2D eigenvalue weighted by Crippen LogP contribution is -2.43. The van der Waals surface area contributed by atoms with E-state index in [0.29, 0.717) is 19.2 Å². The molecule has 1 aliphatic heterocycles. The topological polar surface area (TPSA) is 73.6 Å². The summed E-state index contributed by atoms with van der Waals surface area (Å²) in [5.74, 6) is -0.473. The standard InChI is InChI=1S/C12H18N2O4/c1-3-17-10(15)9-7-18-11(13-9)14-12(2)5-4-6-16-8-12/h7H,3-6,8H2,1-2H3,(H,13,14). The molecule has 0 saturated carbocycles. The van der Waals surface area contributed by atoms with Gasteiger partial charge in [0.2, 0.25) is 0 Å². The predicted octanol–water partition coefficient (Wildman–Crippen LogP) is 1.83. The van der Waals surface area contributed by atoms with E-state index in [9.17, 15) is 4.79 Å². The third kappa shape index (κ3) is 3.01. The van der Waals surface area contributed by atoms with Crippen molar-refractivity contribution in [3.63, 3.8) is 0 Å². The third-order valence-corrected chi connectivity index (χ3v) is 2.84. The summed E-state index contributed by atoms with van der Waals surface area (Å²) in [6.45, 7) is 5.50. The minimum absolute atomic E-state index is 0.180. The van der Waals surface area contributed by atoms with E-state index in [1.165, 1.54) is 6.26 Å². The van der Waals surface area contributed by atoms with Crippen molar-refractivity contribution in [1.29, 1.82) is 0 Å². The summed E-state index contributed by atoms with van der Waals surface area (Å²) in [5, 5.41) is 3.16. The van der Waals surface area contributed by atoms with Crippen molar-refractivity contribution in [2.45, 2.75) is 32.2 Å². The average molecular weight is 254 g/mol. The SMILES string of the molecule is CCOC(=O)c1coc(NC2(C)CCCOC2)n1. The summed E-state index contributed by atoms with van der Waals surface area (Å²) in [6.07, 6.45) is 3.27. The van der Waals surface area contributed by atoms with E-state index >= 15 is 0 Å². The predicted molar refractivity (Wildman–Crippen MR) is 64.5 cm³/mol. The van der Waals surface area contributed by atoms with Gasteiger partial charge in [0, 0.05) is 6.61 Å². The van der Waals surface area contributed by atoms with Crippen molar-refractivity contribution in [3.8, 4) is 0 Å². The lowest BCUT2D eigenvalue weighted by Gasteiger charge is -2.33. The lowest BCUT2D eigenvalue weighted by molar-refractivity contribution is 0.0518. The van der Waals surface area contributed by atoms with E-state index in [1.807, 2.05) is 6.92 Å². The number of nitrogens with zero attached hydrogens (tertiary/aromatic N) is 1. The zero-order valence-corrected chi connectivity index (χ0v) is 10.7. The normalized spacial score (nSPS) is 23.7. The van der Waals surface area contributed by atoms with Crippen LogP contribution in [0.3, 0.4) is 0 Å². The van der Waals surface area contributed by atoms with Crippen molar-refractivity contribution in [2.24, 2.45) is 0 Å². The Labute approximate surface area is 106 Å². The third-order valence-electron chi connectivity index (χ3n) is 2.84. The first-order valence-electron chi connectivity index (χ1n) is 6.11. The molecule has 1 aliphatic rings. The fourth-order valence-electron chi connectivity index (χ4n) is 1.92. The van der Waals surface area contributed by atoms with Crippen LogP contribution in [0.25, 0.3) is 0 Å². The molecule has 0 radical (unpaired) electrons. The van der Waals surface area contributed by atoms with Gasteiger partial charge in [0.1, 0.15) is 6.26 Å². The summed E-state index contributed by atoms with van der Waals surface area (Å²) >= 11 is 0. The number of anilines is 1. The van der Waals surface area contributed by atoms with Gasteiger partial charge in [-0.25, -0.2) is 4.79 Å². The van der Waals surface area contributed by atoms with Crippen molar-refractivity contribution in [1.82, 2.24) is 4.98 Å². The van der Waals surface area contributed by atoms with Crippen molar-refractivity contribution in [2.75, 3.05) is 25.1 Å². The van der Waals surface area contributed by atoms with Gasteiger partial charge in [0.25, 0.3) is 6.01 Å². The molecular weight excluding hydrogens is 236 g/mol. The Morgan fingerprint density at radius 2 is 2.50 bits per heavy atom. The Morgan fingerprint density at radius 3 is 3.17 bits per heavy atom. The second kappa shape index (κ2) is 5.39. The molecule has 1 fully saturated rings. The number of aromatic nitrogens is 1. The molecule has 6 heteroatoms. The van der Waals surface area contributed by atoms with Crippen LogP contribution < -0.4 is 5.32 Å². The van der Waals surface area contributed by atoms with Crippen LogP contribution in [0.4, 0.5) is 6.01 Å². The van der Waals surface area contributed by atoms with E-state index in [4.69, 9.17) is 13.9 Å². The van der Waals surface area contributed by atoms with Crippen LogP contribution in [0.2, 0.25) is 0 Å². The molecule has 1 saturated heterocycles. The van der Waals surface area contributed by atoms with Crippen LogP contribution in [0.5, 0.6) is 0 Å². The summed E-state index contributed by atoms with van der Waals surface area (Å²) < 4.78 is 15.5. The highest BCUT2D eigenvalue weighted by Crippen LogP contribution is 2.23. The monoisotopic (exact) mass is 254 g/mol. The molecule has 0 bridgehead atoms. The van der Waals surface area contributed by atoms with E-state index in [1.54, 1.807) is 6.92 Å². The molecule has 1 unspecified atom stereocenters. The summed E-state index contributed by atoms with van der Waals surface area (Å²) in [6, 6.07) is 0.325. The summed E-state index contributed by atoms with van der Waals surface area (Å²) in [4.78, 5) is 15.5. The van der Waals surface area contributed by atoms with E-state index in [2.05, 4.69) is 10.3 Å². The van der Waals surface area contributed by atoms with E-state index in [-0.39, 0.29) is 11.2 Å². The molecular formula is C12H18N2O4. The lowest BCUT2D eigenvalue weighted by atomic mass is 9.95. The van der Waals surface area contributed by atoms with Gasteiger partial charge in [0.15, 0.2) is 5.69 Å². The fraction of sp³-hybridized carbons (Fsp3) is 0.667. The average Bonchev–Trinajstić information content (AvgIpc) is 2.78. The molecule has 0 amide bonds. The Kier molecular flexibility index (Phi) is 3.86. The number of nitrogens with one attached hydrogen (secondary N) is 1. The first-order valence-corrected chi connectivity index (χ1v) is 6.11. The maximum atomic E-state index is 11.4. The molecule has 100 valence electrons. The highest BCUT2D eigenvalue weighted by atomic mass is 16.5. The molecule has 6 nitrogen and oxygen atoms in total. The molecule has 0 aromatic carbocycles. The number of hydrogen-bond donors (Lipinski definition) is 1. The van der Waals surface area contributed by atoms with Crippen LogP contribution in [-0.2, 0) is 9.47 Å². The number of esters is 1. The largest absolute Gasteiger partial charge is 0.461 e. The number of ether oxygens (including phenoxy) is 2. The van der Waals surface area contributed by atoms with Crippen molar-refractivity contribution >= 4 is 12.0 Å². The Morgan fingerprint density at radius 1 is 1.67 bits per heavy atom. The molecule has 18 heavy (non-hydrogen) atoms. The minimum Gasteiger partial charge on any atom is -0.461 e. The van der Waals surface area contributed by atoms with Crippen LogP contribution >= 0.6 is 0 Å². The first kappa shape index (κ1) is 12.9. The van der Waals surface area contributed by atoms with Gasteiger partial charge in [-0.1, -0.05) is 0 Å². The van der Waals surface area contributed by atoms with Crippen molar-refractivity contribution in [3.05, 3.63) is 12.0 Å². The highest BCUT2D eigenvalue weighted by molar-refractivity contribution is 5.87. The highest BCUT2D eigenvalue weighted by Gasteiger charge is 2.29. The number of rotatable bonds is 4. The van der Waals surface area contributed by atoms with Gasteiger partial charge in [-0.2, -0.15) is 4.98 Å². The first-order chi connectivity index (χ1) is 8.63. The zero-order valence-electron chi connectivity index (χ0n) is 10.7. The van der Waals surface area contributed by atoms with Gasteiger partial charge < -0.3 is 19.2 Å². The Balaban J connectivity index is 1.99. The molecule has 1 aromatic rings. The molecule has 0 spiro atoms. The summed E-state index contributed by atoms with van der Waals surface area (Å²) in [5.41, 5.74) is -0.0191. The minimum atomic E-state index is -0.473. The molecule has 2 heterocycles. The van der Waals surface area contributed by atoms with Crippen molar-refractivity contribution < 1.29 is 18.7 Å². The summed E-state index contributed by atoms with van der Waals surface area (Å²) in [7, 11) is 0. The number of carbonyl (C=O) groups excluding carboxylic acids is 1. The van der Waals surface area contributed by atoms with Gasteiger partial charge in [-0.3, -0.25) is 0 Å². The molecule has 1 N–H and O–H groups in total. The van der Waals surface area contributed by atoms with Crippen LogP contribution in [0.1, 0.15) is 37.2 Å². The van der Waals surface area contributed by atoms with Gasteiger partial charge >= 0.3 is 5.97 Å². The Bertz CT molecular complexity index is 410. The maximum absolute atomic E-state index is 11.4. The van der Waals surface area contributed by atoms with E-state index < -0.39 is 5.97 Å². The Hall–Kier alpha value is -1.56. The molecule has 2 rings (SSSR count). The van der Waals surface area contributed by atoms with Crippen LogP contribution in [-0.4, -0.2) is 36.3 Å². The molecule has 1 atom stereocenters. The van der Waals surface area contributed by atoms with Gasteiger partial charge in [-0.05, 0) is 26.7 Å². The number of oxazole rings is 1. The fourth-order valence-corrected chi connectivity index (χ4v) is 1.92. The zero-order chi connectivity index (χ0) is 13.0. The molecule has 0 aliphatic carbocycles. The number of carbonyl (C=O) groups is 1. The van der Waals surface area contributed by atoms with Crippen LogP contribution in [0, 0.1) is 0 Å². The van der Waals surface area contributed by atoms with Crippen LogP contribution in [0.15, 0.2) is 10.7 Å². The maximum Gasteiger partial charge on any atom is 0.360 e. The van der Waals surface area contributed by atoms with Gasteiger partial charge in [-0.15, -0.1) is 0 Å². The molecule has 1 aromatic heterocycles. The van der Waals surface area contributed by atoms with Gasteiger partial charge in [0.05, 0.1) is 18.8 Å². The quantitative estimate of drug-likeness (QED) is 0.826. The second-order valence-electron chi connectivity index (χ2n) is 4.60. The van der Waals surface area contributed by atoms with E-state index in [0.717, 1.165) is 19.4 Å².